The lowest BCUT2D eigenvalue weighted by atomic mass is 9.95. The number of hydrogen-bond donors (Lipinski definition) is 2. The maximum atomic E-state index is 12.2. The highest BCUT2D eigenvalue weighted by Crippen LogP contribution is 2.34. The lowest BCUT2D eigenvalue weighted by Gasteiger charge is -2.19. The van der Waals surface area contributed by atoms with E-state index in [1.165, 1.54) is 6.07 Å². The molecule has 2 aromatic rings. The Hall–Kier alpha value is -2.93. The fourth-order valence-corrected chi connectivity index (χ4v) is 3.00. The highest BCUT2D eigenvalue weighted by atomic mass is 16.6. The van der Waals surface area contributed by atoms with Crippen molar-refractivity contribution in [2.75, 3.05) is 13.2 Å². The predicted molar refractivity (Wildman–Crippen MR) is 90.3 cm³/mol. The van der Waals surface area contributed by atoms with Crippen LogP contribution in [-0.2, 0) is 4.74 Å². The Morgan fingerprint density at radius 1 is 1.28 bits per heavy atom. The van der Waals surface area contributed by atoms with E-state index in [1.54, 1.807) is 0 Å². The second-order valence-electron chi connectivity index (χ2n) is 5.92. The molecule has 1 saturated heterocycles. The number of nitrogens with one attached hydrogen (secondary N) is 1. The van der Waals surface area contributed by atoms with Crippen LogP contribution in [0, 0.1) is 16.0 Å². The molecule has 130 valence electrons. The van der Waals surface area contributed by atoms with Crippen molar-refractivity contribution in [2.45, 2.75) is 12.5 Å². The molecular weight excluding hydrogens is 324 g/mol. The molecule has 1 amide bonds. The molecule has 7 nitrogen and oxygen atoms in total. The number of ether oxygens (including phenoxy) is 1. The first-order chi connectivity index (χ1) is 12.1. The minimum Gasteiger partial charge on any atom is -0.502 e. The van der Waals surface area contributed by atoms with Crippen LogP contribution in [0.1, 0.15) is 28.4 Å². The molecular formula is C18H18N2O5. The highest BCUT2D eigenvalue weighted by Gasteiger charge is 2.30. The summed E-state index contributed by atoms with van der Waals surface area (Å²) in [5, 5.41) is 23.2. The van der Waals surface area contributed by atoms with Gasteiger partial charge in [-0.25, -0.2) is 0 Å². The van der Waals surface area contributed by atoms with Crippen LogP contribution in [-0.4, -0.2) is 29.1 Å². The number of phenolic OH excluding ortho intramolecular Hbond substituents is 1. The van der Waals surface area contributed by atoms with Crippen molar-refractivity contribution in [3.8, 4) is 5.75 Å². The first kappa shape index (κ1) is 16.9. The summed E-state index contributed by atoms with van der Waals surface area (Å²) < 4.78 is 5.78. The fraction of sp³-hybridized carbons (Fsp3) is 0.278. The fourth-order valence-electron chi connectivity index (χ4n) is 3.00. The van der Waals surface area contributed by atoms with Gasteiger partial charge in [0.1, 0.15) is 0 Å². The molecule has 1 fully saturated rings. The van der Waals surface area contributed by atoms with Crippen LogP contribution >= 0.6 is 0 Å². The van der Waals surface area contributed by atoms with Gasteiger partial charge in [-0.3, -0.25) is 14.9 Å². The van der Waals surface area contributed by atoms with Crippen molar-refractivity contribution >= 4 is 11.6 Å². The Kier molecular flexibility index (Phi) is 4.95. The van der Waals surface area contributed by atoms with E-state index in [2.05, 4.69) is 5.32 Å². The predicted octanol–water partition coefficient (Wildman–Crippen LogP) is 2.81. The average molecular weight is 342 g/mol. The van der Waals surface area contributed by atoms with Crippen molar-refractivity contribution in [2.24, 2.45) is 5.92 Å². The molecule has 7 heteroatoms. The van der Waals surface area contributed by atoms with Gasteiger partial charge in [-0.2, -0.15) is 0 Å². The topological polar surface area (TPSA) is 102 Å². The van der Waals surface area contributed by atoms with Crippen LogP contribution in [0.4, 0.5) is 5.69 Å². The molecule has 0 aromatic heterocycles. The third kappa shape index (κ3) is 3.77. The molecule has 2 atom stereocenters. The third-order valence-corrected chi connectivity index (χ3v) is 4.30. The molecule has 0 saturated carbocycles. The molecule has 25 heavy (non-hydrogen) atoms. The van der Waals surface area contributed by atoms with Crippen LogP contribution in [0.25, 0.3) is 0 Å². The van der Waals surface area contributed by atoms with Gasteiger partial charge >= 0.3 is 5.69 Å². The van der Waals surface area contributed by atoms with Crippen molar-refractivity contribution in [1.29, 1.82) is 0 Å². The van der Waals surface area contributed by atoms with E-state index in [0.29, 0.717) is 13.2 Å². The molecule has 0 aliphatic carbocycles. The van der Waals surface area contributed by atoms with Crippen LogP contribution in [0.15, 0.2) is 48.5 Å². The Morgan fingerprint density at radius 2 is 2.04 bits per heavy atom. The second-order valence-corrected chi connectivity index (χ2v) is 5.92. The standard InChI is InChI=1S/C18H18N2O5/c21-16-10-13(6-7-15(16)20(23)24)18(22)19-11-14-8-9-25-17(14)12-4-2-1-3-5-12/h1-7,10,14,17,21H,8-9,11H2,(H,19,22). The number of amides is 1. The summed E-state index contributed by atoms with van der Waals surface area (Å²) in [7, 11) is 0. The molecule has 1 aliphatic heterocycles. The number of hydrogen-bond acceptors (Lipinski definition) is 5. The molecule has 2 N–H and O–H groups in total. The van der Waals surface area contributed by atoms with Gasteiger partial charge in [-0.15, -0.1) is 0 Å². The number of carbonyl (C=O) groups is 1. The van der Waals surface area contributed by atoms with Gasteiger partial charge in [0.05, 0.1) is 11.0 Å². The number of nitro benzene ring substituents is 1. The molecule has 0 radical (unpaired) electrons. The lowest BCUT2D eigenvalue weighted by molar-refractivity contribution is -0.385. The molecule has 1 heterocycles. The van der Waals surface area contributed by atoms with Crippen molar-refractivity contribution in [3.05, 3.63) is 69.8 Å². The Morgan fingerprint density at radius 3 is 2.72 bits per heavy atom. The highest BCUT2D eigenvalue weighted by molar-refractivity contribution is 5.95. The SMILES string of the molecule is O=C(NCC1CCOC1c1ccccc1)c1ccc([N+](=O)[O-])c(O)c1. The van der Waals surface area contributed by atoms with E-state index in [-0.39, 0.29) is 23.5 Å². The molecule has 1 aliphatic rings. The van der Waals surface area contributed by atoms with Gasteiger partial charge in [0.2, 0.25) is 0 Å². The largest absolute Gasteiger partial charge is 0.502 e. The van der Waals surface area contributed by atoms with E-state index in [0.717, 1.165) is 24.1 Å². The zero-order chi connectivity index (χ0) is 17.8. The van der Waals surface area contributed by atoms with E-state index in [9.17, 15) is 20.0 Å². The number of nitro groups is 1. The monoisotopic (exact) mass is 342 g/mol. The van der Waals surface area contributed by atoms with Gasteiger partial charge in [-0.05, 0) is 24.1 Å². The number of nitrogens with zero attached hydrogens (tertiary/aromatic N) is 1. The first-order valence-electron chi connectivity index (χ1n) is 7.98. The Labute approximate surface area is 144 Å². The minimum atomic E-state index is -0.697. The van der Waals surface area contributed by atoms with E-state index >= 15 is 0 Å². The molecule has 2 unspecified atom stereocenters. The second kappa shape index (κ2) is 7.31. The summed E-state index contributed by atoms with van der Waals surface area (Å²) in [4.78, 5) is 22.3. The number of rotatable bonds is 5. The smallest absolute Gasteiger partial charge is 0.310 e. The van der Waals surface area contributed by atoms with Crippen LogP contribution < -0.4 is 5.32 Å². The number of phenols is 1. The maximum Gasteiger partial charge on any atom is 0.310 e. The summed E-state index contributed by atoms with van der Waals surface area (Å²) in [6.45, 7) is 1.06. The van der Waals surface area contributed by atoms with Gasteiger partial charge in [0.15, 0.2) is 5.75 Å². The minimum absolute atomic E-state index is 0.0632. The van der Waals surface area contributed by atoms with Crippen LogP contribution in [0.5, 0.6) is 5.75 Å². The number of benzene rings is 2. The van der Waals surface area contributed by atoms with Crippen LogP contribution in [0.2, 0.25) is 0 Å². The first-order valence-corrected chi connectivity index (χ1v) is 7.98. The molecule has 3 rings (SSSR count). The van der Waals surface area contributed by atoms with Crippen LogP contribution in [0.3, 0.4) is 0 Å². The van der Waals surface area contributed by atoms with E-state index < -0.39 is 16.4 Å². The third-order valence-electron chi connectivity index (χ3n) is 4.30. The van der Waals surface area contributed by atoms with E-state index in [1.807, 2.05) is 30.3 Å². The van der Waals surface area contributed by atoms with Gasteiger partial charge in [0, 0.05) is 30.7 Å². The zero-order valence-electron chi connectivity index (χ0n) is 13.4. The quantitative estimate of drug-likeness (QED) is 0.642. The Balaban J connectivity index is 1.64. The van der Waals surface area contributed by atoms with Gasteiger partial charge in [-0.1, -0.05) is 30.3 Å². The average Bonchev–Trinajstić information content (AvgIpc) is 3.08. The summed E-state index contributed by atoms with van der Waals surface area (Å²) >= 11 is 0. The van der Waals surface area contributed by atoms with Crippen molar-refractivity contribution in [1.82, 2.24) is 5.32 Å². The van der Waals surface area contributed by atoms with Crippen molar-refractivity contribution in [3.63, 3.8) is 0 Å². The summed E-state index contributed by atoms with van der Waals surface area (Å²) in [5.74, 6) is -0.758. The normalized spacial score (nSPS) is 19.5. The zero-order valence-corrected chi connectivity index (χ0v) is 13.4. The molecule has 2 aromatic carbocycles. The number of aromatic hydroxyl groups is 1. The molecule has 0 spiro atoms. The summed E-state index contributed by atoms with van der Waals surface area (Å²) in [5.41, 5.74) is 0.829. The maximum absolute atomic E-state index is 12.2. The summed E-state index contributed by atoms with van der Waals surface area (Å²) in [6, 6.07) is 13.4. The molecule has 0 bridgehead atoms. The summed E-state index contributed by atoms with van der Waals surface area (Å²) in [6.07, 6.45) is 0.775. The van der Waals surface area contributed by atoms with Gasteiger partial charge in [0.25, 0.3) is 5.91 Å². The van der Waals surface area contributed by atoms with E-state index in [4.69, 9.17) is 4.74 Å². The lowest BCUT2D eigenvalue weighted by Crippen LogP contribution is -2.30. The van der Waals surface area contributed by atoms with Crippen molar-refractivity contribution < 1.29 is 19.6 Å². The van der Waals surface area contributed by atoms with Gasteiger partial charge < -0.3 is 15.2 Å². The number of carbonyl (C=O) groups excluding carboxylic acids is 1. The Bertz CT molecular complexity index is 778.